The summed E-state index contributed by atoms with van der Waals surface area (Å²) in [6.07, 6.45) is 7.44. The van der Waals surface area contributed by atoms with Crippen molar-refractivity contribution in [2.24, 2.45) is 5.92 Å². The third kappa shape index (κ3) is 4.62. The second kappa shape index (κ2) is 7.00. The molecule has 2 fully saturated rings. The van der Waals surface area contributed by atoms with Crippen LogP contribution >= 0.6 is 0 Å². The standard InChI is InChI=1S/C19H35NO3/c1-6-14(7-2)11-19(22)12-15-9-8-10-16(13-19)20(15)17(21)23-18(3,4)5/h14-16,22H,6-13H2,1-5H3. The molecular formula is C19H35NO3. The monoisotopic (exact) mass is 325 g/mol. The molecule has 134 valence electrons. The lowest BCUT2D eigenvalue weighted by atomic mass is 9.71. The summed E-state index contributed by atoms with van der Waals surface area (Å²) < 4.78 is 5.61. The Bertz CT molecular complexity index is 397. The largest absolute Gasteiger partial charge is 0.444 e. The first-order chi connectivity index (χ1) is 10.7. The fourth-order valence-corrected chi connectivity index (χ4v) is 4.42. The van der Waals surface area contributed by atoms with Gasteiger partial charge in [-0.05, 0) is 65.2 Å². The molecule has 4 nitrogen and oxygen atoms in total. The minimum Gasteiger partial charge on any atom is -0.444 e. The zero-order valence-corrected chi connectivity index (χ0v) is 15.6. The number of aliphatic hydroxyl groups is 1. The quantitative estimate of drug-likeness (QED) is 0.828. The molecule has 2 saturated heterocycles. The summed E-state index contributed by atoms with van der Waals surface area (Å²) in [5.74, 6) is 0.578. The topological polar surface area (TPSA) is 49.8 Å². The lowest BCUT2D eigenvalue weighted by Crippen LogP contribution is -2.60. The fourth-order valence-electron chi connectivity index (χ4n) is 4.42. The van der Waals surface area contributed by atoms with Crippen molar-refractivity contribution in [3.8, 4) is 0 Å². The number of hydrogen-bond donors (Lipinski definition) is 1. The van der Waals surface area contributed by atoms with Crippen molar-refractivity contribution < 1.29 is 14.6 Å². The molecule has 0 aliphatic carbocycles. The van der Waals surface area contributed by atoms with Crippen LogP contribution in [-0.4, -0.2) is 39.4 Å². The van der Waals surface area contributed by atoms with Crippen LogP contribution in [0.15, 0.2) is 0 Å². The maximum atomic E-state index is 12.6. The molecule has 23 heavy (non-hydrogen) atoms. The SMILES string of the molecule is CCC(CC)CC1(O)CC2CCCC(C1)N2C(=O)OC(C)(C)C. The minimum atomic E-state index is -0.606. The summed E-state index contributed by atoms with van der Waals surface area (Å²) in [5, 5.41) is 11.2. The Labute approximate surface area is 141 Å². The van der Waals surface area contributed by atoms with E-state index in [-0.39, 0.29) is 18.2 Å². The molecule has 0 aromatic heterocycles. The van der Waals surface area contributed by atoms with Gasteiger partial charge in [-0.2, -0.15) is 0 Å². The van der Waals surface area contributed by atoms with E-state index in [1.807, 2.05) is 25.7 Å². The van der Waals surface area contributed by atoms with Crippen molar-refractivity contribution in [2.45, 2.75) is 109 Å². The molecule has 0 aromatic carbocycles. The molecule has 4 heteroatoms. The zero-order chi connectivity index (χ0) is 17.3. The van der Waals surface area contributed by atoms with E-state index in [4.69, 9.17) is 4.74 Å². The van der Waals surface area contributed by atoms with Crippen LogP contribution in [0.3, 0.4) is 0 Å². The highest BCUT2D eigenvalue weighted by Crippen LogP contribution is 2.43. The molecule has 2 atom stereocenters. The van der Waals surface area contributed by atoms with Gasteiger partial charge in [0.15, 0.2) is 0 Å². The smallest absolute Gasteiger partial charge is 0.410 e. The average Bonchev–Trinajstić information content (AvgIpc) is 2.41. The molecule has 2 bridgehead atoms. The first kappa shape index (κ1) is 18.6. The van der Waals surface area contributed by atoms with Gasteiger partial charge < -0.3 is 14.7 Å². The van der Waals surface area contributed by atoms with Gasteiger partial charge in [-0.3, -0.25) is 0 Å². The predicted molar refractivity (Wildman–Crippen MR) is 92.4 cm³/mol. The number of amides is 1. The maximum Gasteiger partial charge on any atom is 0.410 e. The van der Waals surface area contributed by atoms with Crippen LogP contribution in [0.1, 0.15) is 86.0 Å². The molecule has 2 aliphatic rings. The lowest BCUT2D eigenvalue weighted by molar-refractivity contribution is -0.102. The number of rotatable bonds is 4. The maximum absolute atomic E-state index is 12.6. The van der Waals surface area contributed by atoms with E-state index in [0.717, 1.165) is 38.5 Å². The van der Waals surface area contributed by atoms with E-state index in [2.05, 4.69) is 13.8 Å². The number of carbonyl (C=O) groups excluding carboxylic acids is 1. The van der Waals surface area contributed by atoms with Crippen molar-refractivity contribution in [3.05, 3.63) is 0 Å². The van der Waals surface area contributed by atoms with Gasteiger partial charge in [0.25, 0.3) is 0 Å². The van der Waals surface area contributed by atoms with Gasteiger partial charge in [0, 0.05) is 12.1 Å². The predicted octanol–water partition coefficient (Wildman–Crippen LogP) is 4.50. The van der Waals surface area contributed by atoms with Crippen LogP contribution < -0.4 is 0 Å². The highest BCUT2D eigenvalue weighted by Gasteiger charge is 2.48. The minimum absolute atomic E-state index is 0.136. The number of carbonyl (C=O) groups is 1. The molecule has 2 rings (SSSR count). The van der Waals surface area contributed by atoms with Gasteiger partial charge >= 0.3 is 6.09 Å². The normalized spacial score (nSPS) is 31.3. The van der Waals surface area contributed by atoms with Crippen molar-refractivity contribution in [1.82, 2.24) is 4.90 Å². The number of ether oxygens (including phenoxy) is 1. The van der Waals surface area contributed by atoms with Gasteiger partial charge in [-0.1, -0.05) is 26.7 Å². The molecule has 0 radical (unpaired) electrons. The molecule has 0 aromatic rings. The van der Waals surface area contributed by atoms with E-state index in [1.165, 1.54) is 0 Å². The van der Waals surface area contributed by atoms with Gasteiger partial charge in [0.1, 0.15) is 5.60 Å². The Kier molecular flexibility index (Phi) is 5.65. The van der Waals surface area contributed by atoms with Crippen molar-refractivity contribution in [2.75, 3.05) is 0 Å². The Morgan fingerprint density at radius 3 is 2.17 bits per heavy atom. The van der Waals surface area contributed by atoms with Crippen LogP contribution in [0.5, 0.6) is 0 Å². The van der Waals surface area contributed by atoms with Crippen LogP contribution in [0, 0.1) is 5.92 Å². The summed E-state index contributed by atoms with van der Waals surface area (Å²) in [6.45, 7) is 10.1. The Morgan fingerprint density at radius 2 is 1.74 bits per heavy atom. The molecule has 2 unspecified atom stereocenters. The molecule has 1 N–H and O–H groups in total. The molecule has 0 saturated carbocycles. The van der Waals surface area contributed by atoms with E-state index in [0.29, 0.717) is 18.8 Å². The second-order valence-electron chi connectivity index (χ2n) is 8.65. The Hall–Kier alpha value is -0.770. The number of fused-ring (bicyclic) bond motifs is 2. The highest BCUT2D eigenvalue weighted by atomic mass is 16.6. The van der Waals surface area contributed by atoms with Gasteiger partial charge in [0.2, 0.25) is 0 Å². The first-order valence-electron chi connectivity index (χ1n) is 9.41. The number of hydrogen-bond acceptors (Lipinski definition) is 3. The van der Waals surface area contributed by atoms with E-state index in [1.54, 1.807) is 0 Å². The lowest BCUT2D eigenvalue weighted by Gasteiger charge is -2.52. The molecule has 1 amide bonds. The molecule has 2 heterocycles. The van der Waals surface area contributed by atoms with Crippen LogP contribution in [0.2, 0.25) is 0 Å². The van der Waals surface area contributed by atoms with Gasteiger partial charge in [-0.15, -0.1) is 0 Å². The molecule has 2 aliphatic heterocycles. The molecule has 0 spiro atoms. The summed E-state index contributed by atoms with van der Waals surface area (Å²) in [5.41, 5.74) is -1.07. The third-order valence-electron chi connectivity index (χ3n) is 5.52. The van der Waals surface area contributed by atoms with Gasteiger partial charge in [0.05, 0.1) is 5.60 Å². The van der Waals surface area contributed by atoms with Crippen LogP contribution in [-0.2, 0) is 4.74 Å². The van der Waals surface area contributed by atoms with Crippen molar-refractivity contribution in [3.63, 3.8) is 0 Å². The zero-order valence-electron chi connectivity index (χ0n) is 15.6. The van der Waals surface area contributed by atoms with E-state index < -0.39 is 11.2 Å². The Morgan fingerprint density at radius 1 is 1.22 bits per heavy atom. The van der Waals surface area contributed by atoms with Crippen molar-refractivity contribution >= 4 is 6.09 Å². The number of nitrogens with zero attached hydrogens (tertiary/aromatic N) is 1. The van der Waals surface area contributed by atoms with E-state index in [9.17, 15) is 9.90 Å². The van der Waals surface area contributed by atoms with Crippen LogP contribution in [0.4, 0.5) is 4.79 Å². The first-order valence-corrected chi connectivity index (χ1v) is 9.41. The summed E-state index contributed by atoms with van der Waals surface area (Å²) >= 11 is 0. The van der Waals surface area contributed by atoms with Gasteiger partial charge in [-0.25, -0.2) is 4.79 Å². The second-order valence-corrected chi connectivity index (χ2v) is 8.65. The van der Waals surface area contributed by atoms with Crippen molar-refractivity contribution in [1.29, 1.82) is 0 Å². The van der Waals surface area contributed by atoms with Crippen LogP contribution in [0.25, 0.3) is 0 Å². The number of piperidine rings is 2. The molecular weight excluding hydrogens is 290 g/mol. The average molecular weight is 325 g/mol. The van der Waals surface area contributed by atoms with E-state index >= 15 is 0 Å². The highest BCUT2D eigenvalue weighted by molar-refractivity contribution is 5.69. The summed E-state index contributed by atoms with van der Waals surface area (Å²) in [4.78, 5) is 14.5. The summed E-state index contributed by atoms with van der Waals surface area (Å²) in [6, 6.07) is 0.272. The summed E-state index contributed by atoms with van der Waals surface area (Å²) in [7, 11) is 0. The fraction of sp³-hybridized carbons (Fsp3) is 0.947. The Balaban J connectivity index is 2.09. The third-order valence-corrected chi connectivity index (χ3v) is 5.52.